The van der Waals surface area contributed by atoms with Gasteiger partial charge < -0.3 is 9.47 Å². The van der Waals surface area contributed by atoms with E-state index in [1.807, 2.05) is 0 Å². The van der Waals surface area contributed by atoms with Crippen molar-refractivity contribution in [2.24, 2.45) is 11.8 Å². The van der Waals surface area contributed by atoms with Crippen LogP contribution in [0.15, 0.2) is 0 Å². The fourth-order valence-corrected chi connectivity index (χ4v) is 7.03. The largest absolute Gasteiger partial charge is 0.381 e. The molecular weight excluding hydrogens is 304 g/mol. The van der Waals surface area contributed by atoms with Gasteiger partial charge in [0, 0.05) is 47.9 Å². The van der Waals surface area contributed by atoms with Crippen molar-refractivity contribution in [3.05, 3.63) is 0 Å². The predicted molar refractivity (Wildman–Crippen MR) is 90.7 cm³/mol. The van der Waals surface area contributed by atoms with Gasteiger partial charge in [-0.15, -0.1) is 0 Å². The van der Waals surface area contributed by atoms with Crippen LogP contribution in [0.5, 0.6) is 0 Å². The van der Waals surface area contributed by atoms with E-state index >= 15 is 0 Å². The SMILES string of the molecule is CC1SCCSC1C(NN)C1CCOC2(CCOCC2)C1. The fraction of sp³-hybridized carbons (Fsp3) is 1.00. The maximum atomic E-state index is 6.18. The maximum absolute atomic E-state index is 6.18. The van der Waals surface area contributed by atoms with Gasteiger partial charge in [0.15, 0.2) is 0 Å². The van der Waals surface area contributed by atoms with E-state index in [-0.39, 0.29) is 5.60 Å². The molecule has 3 N–H and O–H groups in total. The normalized spacial score (nSPS) is 38.3. The van der Waals surface area contributed by atoms with Crippen LogP contribution >= 0.6 is 23.5 Å². The van der Waals surface area contributed by atoms with Crippen molar-refractivity contribution in [2.45, 2.75) is 54.7 Å². The second-order valence-corrected chi connectivity index (χ2v) is 9.27. The Balaban J connectivity index is 1.68. The molecule has 3 aliphatic rings. The highest BCUT2D eigenvalue weighted by molar-refractivity contribution is 8.07. The molecule has 3 saturated heterocycles. The van der Waals surface area contributed by atoms with Gasteiger partial charge in [0.1, 0.15) is 0 Å². The van der Waals surface area contributed by atoms with Gasteiger partial charge in [-0.2, -0.15) is 23.5 Å². The number of hydrogen-bond donors (Lipinski definition) is 2. The van der Waals surface area contributed by atoms with E-state index in [0.717, 1.165) is 45.5 Å². The van der Waals surface area contributed by atoms with Gasteiger partial charge in [0.2, 0.25) is 0 Å². The van der Waals surface area contributed by atoms with Crippen LogP contribution in [0, 0.1) is 5.92 Å². The lowest BCUT2D eigenvalue weighted by Gasteiger charge is -2.47. The summed E-state index contributed by atoms with van der Waals surface area (Å²) in [6.07, 6.45) is 4.36. The Morgan fingerprint density at radius 2 is 1.95 bits per heavy atom. The molecule has 0 saturated carbocycles. The van der Waals surface area contributed by atoms with Crippen molar-refractivity contribution in [1.82, 2.24) is 5.43 Å². The third-order valence-electron chi connectivity index (χ3n) is 5.23. The highest BCUT2D eigenvalue weighted by atomic mass is 32.2. The molecule has 6 heteroatoms. The lowest BCUT2D eigenvalue weighted by atomic mass is 9.77. The fourth-order valence-electron chi connectivity index (χ4n) is 4.01. The highest BCUT2D eigenvalue weighted by Crippen LogP contribution is 2.42. The molecule has 4 nitrogen and oxygen atoms in total. The smallest absolute Gasteiger partial charge is 0.0729 e. The van der Waals surface area contributed by atoms with E-state index < -0.39 is 0 Å². The van der Waals surface area contributed by atoms with E-state index in [4.69, 9.17) is 15.3 Å². The molecular formula is C15H28N2O2S2. The average molecular weight is 333 g/mol. The third kappa shape index (κ3) is 3.72. The van der Waals surface area contributed by atoms with Crippen LogP contribution in [0.2, 0.25) is 0 Å². The van der Waals surface area contributed by atoms with Crippen LogP contribution in [0.1, 0.15) is 32.6 Å². The highest BCUT2D eigenvalue weighted by Gasteiger charge is 2.44. The average Bonchev–Trinajstić information content (AvgIpc) is 2.51. The standard InChI is InChI=1S/C15H28N2O2S2/c1-11-14(21-9-8-20-11)13(17-16)12-2-5-19-15(10-12)3-6-18-7-4-15/h11-14,17H,2-10,16H2,1H3. The van der Waals surface area contributed by atoms with Crippen LogP contribution in [0.4, 0.5) is 0 Å². The van der Waals surface area contributed by atoms with Crippen LogP contribution in [-0.2, 0) is 9.47 Å². The predicted octanol–water partition coefficient (Wildman–Crippen LogP) is 2.03. The lowest BCUT2D eigenvalue weighted by molar-refractivity contribution is -0.150. The molecule has 0 amide bonds. The van der Waals surface area contributed by atoms with E-state index in [1.165, 1.54) is 11.5 Å². The van der Waals surface area contributed by atoms with Crippen molar-refractivity contribution < 1.29 is 9.47 Å². The molecule has 0 radical (unpaired) electrons. The van der Waals surface area contributed by atoms with E-state index in [0.29, 0.717) is 22.5 Å². The second kappa shape index (κ2) is 7.41. The van der Waals surface area contributed by atoms with Crippen molar-refractivity contribution in [3.63, 3.8) is 0 Å². The van der Waals surface area contributed by atoms with E-state index in [2.05, 4.69) is 35.9 Å². The van der Waals surface area contributed by atoms with Crippen LogP contribution in [-0.4, -0.2) is 53.5 Å². The lowest BCUT2D eigenvalue weighted by Crippen LogP contribution is -2.56. The zero-order valence-corrected chi connectivity index (χ0v) is 14.5. The van der Waals surface area contributed by atoms with Crippen LogP contribution in [0.25, 0.3) is 0 Å². The summed E-state index contributed by atoms with van der Waals surface area (Å²) >= 11 is 4.20. The van der Waals surface area contributed by atoms with Crippen LogP contribution in [0.3, 0.4) is 0 Å². The van der Waals surface area contributed by atoms with Crippen molar-refractivity contribution in [1.29, 1.82) is 0 Å². The quantitative estimate of drug-likeness (QED) is 0.609. The van der Waals surface area contributed by atoms with Gasteiger partial charge >= 0.3 is 0 Å². The van der Waals surface area contributed by atoms with E-state index in [1.54, 1.807) is 0 Å². The minimum atomic E-state index is 0.0615. The Kier molecular flexibility index (Phi) is 5.78. The Labute approximate surface area is 136 Å². The van der Waals surface area contributed by atoms with Crippen molar-refractivity contribution >= 4 is 23.5 Å². The summed E-state index contributed by atoms with van der Waals surface area (Å²) in [5.41, 5.74) is 3.23. The summed E-state index contributed by atoms with van der Waals surface area (Å²) in [7, 11) is 0. The number of nitrogens with two attached hydrogens (primary N) is 1. The molecule has 3 rings (SSSR count). The molecule has 3 aliphatic heterocycles. The molecule has 3 fully saturated rings. The summed E-state index contributed by atoms with van der Waals surface area (Å²) in [6.45, 7) is 4.92. The minimum absolute atomic E-state index is 0.0615. The molecule has 0 aromatic carbocycles. The second-order valence-electron chi connectivity index (χ2n) is 6.50. The molecule has 0 aliphatic carbocycles. The number of nitrogens with one attached hydrogen (secondary N) is 1. The zero-order chi connectivity index (χ0) is 14.7. The summed E-state index contributed by atoms with van der Waals surface area (Å²) in [4.78, 5) is 0. The molecule has 4 unspecified atom stereocenters. The monoisotopic (exact) mass is 332 g/mol. The molecule has 0 aromatic rings. The van der Waals surface area contributed by atoms with Crippen LogP contribution < -0.4 is 11.3 Å². The summed E-state index contributed by atoms with van der Waals surface area (Å²) in [5, 5.41) is 1.30. The molecule has 4 atom stereocenters. The number of hydrazine groups is 1. The minimum Gasteiger partial charge on any atom is -0.381 e. The third-order valence-corrected chi connectivity index (χ3v) is 8.44. The molecule has 3 heterocycles. The van der Waals surface area contributed by atoms with Crippen molar-refractivity contribution in [2.75, 3.05) is 31.3 Å². The first-order valence-electron chi connectivity index (χ1n) is 8.15. The van der Waals surface area contributed by atoms with Gasteiger partial charge in [-0.25, -0.2) is 0 Å². The molecule has 122 valence electrons. The Morgan fingerprint density at radius 1 is 1.19 bits per heavy atom. The first kappa shape index (κ1) is 16.4. The Morgan fingerprint density at radius 3 is 2.67 bits per heavy atom. The first-order chi connectivity index (χ1) is 10.2. The summed E-state index contributed by atoms with van der Waals surface area (Å²) in [5.74, 6) is 9.12. The van der Waals surface area contributed by atoms with Crippen molar-refractivity contribution in [3.8, 4) is 0 Å². The number of rotatable bonds is 3. The number of ether oxygens (including phenoxy) is 2. The molecule has 0 aromatic heterocycles. The van der Waals surface area contributed by atoms with Gasteiger partial charge in [-0.1, -0.05) is 6.92 Å². The molecule has 0 bridgehead atoms. The number of hydrogen-bond acceptors (Lipinski definition) is 6. The summed E-state index contributed by atoms with van der Waals surface area (Å²) in [6, 6.07) is 0.404. The maximum Gasteiger partial charge on any atom is 0.0729 e. The zero-order valence-electron chi connectivity index (χ0n) is 12.9. The topological polar surface area (TPSA) is 56.5 Å². The summed E-state index contributed by atoms with van der Waals surface area (Å²) < 4.78 is 11.7. The molecule has 1 spiro atoms. The van der Waals surface area contributed by atoms with Gasteiger partial charge in [-0.3, -0.25) is 11.3 Å². The Bertz CT molecular complexity index is 334. The van der Waals surface area contributed by atoms with Gasteiger partial charge in [0.25, 0.3) is 0 Å². The Hall–Kier alpha value is 0.540. The van der Waals surface area contributed by atoms with E-state index in [9.17, 15) is 0 Å². The number of thioether (sulfide) groups is 2. The molecule has 21 heavy (non-hydrogen) atoms. The van der Waals surface area contributed by atoms with Gasteiger partial charge in [0.05, 0.1) is 5.60 Å². The van der Waals surface area contributed by atoms with Gasteiger partial charge in [-0.05, 0) is 31.6 Å². The first-order valence-corrected chi connectivity index (χ1v) is 10.2.